The molecule has 1 N–H and O–H groups in total. The average Bonchev–Trinajstić information content (AvgIpc) is 2.31. The Morgan fingerprint density at radius 1 is 1.53 bits per heavy atom. The molecule has 1 aromatic carbocycles. The lowest BCUT2D eigenvalue weighted by atomic mass is 10.1. The molecule has 1 aromatic rings. The van der Waals surface area contributed by atoms with Crippen molar-refractivity contribution in [3.63, 3.8) is 0 Å². The Morgan fingerprint density at radius 3 is 2.94 bits per heavy atom. The van der Waals surface area contributed by atoms with Crippen LogP contribution < -0.4 is 10.2 Å². The highest BCUT2D eigenvalue weighted by Crippen LogP contribution is 2.24. The van der Waals surface area contributed by atoms with Crippen molar-refractivity contribution >= 4 is 5.69 Å². The molecule has 17 heavy (non-hydrogen) atoms. The van der Waals surface area contributed by atoms with Crippen molar-refractivity contribution in [2.45, 2.75) is 19.9 Å². The molecule has 0 spiro atoms. The molecule has 0 aliphatic carbocycles. The van der Waals surface area contributed by atoms with E-state index in [1.54, 1.807) is 6.07 Å². The van der Waals surface area contributed by atoms with Gasteiger partial charge < -0.3 is 10.2 Å². The Kier molecular flexibility index (Phi) is 3.30. The van der Waals surface area contributed by atoms with Crippen LogP contribution in [-0.4, -0.2) is 25.7 Å². The fraction of sp³-hybridized carbons (Fsp3) is 0.462. The maximum Gasteiger partial charge on any atom is 0.147 e. The highest BCUT2D eigenvalue weighted by atomic mass is 19.1. The first kappa shape index (κ1) is 11.9. The van der Waals surface area contributed by atoms with E-state index >= 15 is 0 Å². The first-order valence-corrected chi connectivity index (χ1v) is 5.80. The first-order chi connectivity index (χ1) is 8.11. The van der Waals surface area contributed by atoms with Crippen molar-refractivity contribution in [1.29, 1.82) is 5.26 Å². The number of nitrogens with zero attached hydrogens (tertiary/aromatic N) is 2. The maximum atomic E-state index is 13.9. The Labute approximate surface area is 101 Å². The van der Waals surface area contributed by atoms with Gasteiger partial charge in [-0.2, -0.15) is 5.26 Å². The summed E-state index contributed by atoms with van der Waals surface area (Å²) in [6, 6.07) is 5.46. The van der Waals surface area contributed by atoms with Crippen molar-refractivity contribution in [3.8, 4) is 6.07 Å². The number of piperazine rings is 1. The molecule has 1 aliphatic heterocycles. The fourth-order valence-electron chi connectivity index (χ4n) is 2.18. The van der Waals surface area contributed by atoms with Crippen molar-refractivity contribution in [2.24, 2.45) is 0 Å². The van der Waals surface area contributed by atoms with Crippen LogP contribution in [0, 0.1) is 24.1 Å². The van der Waals surface area contributed by atoms with E-state index in [-0.39, 0.29) is 5.82 Å². The minimum atomic E-state index is -0.304. The number of anilines is 1. The number of hydrogen-bond acceptors (Lipinski definition) is 3. The van der Waals surface area contributed by atoms with Gasteiger partial charge in [0.2, 0.25) is 0 Å². The smallest absolute Gasteiger partial charge is 0.147 e. The van der Waals surface area contributed by atoms with Gasteiger partial charge in [0.25, 0.3) is 0 Å². The Morgan fingerprint density at radius 2 is 2.29 bits per heavy atom. The molecule has 4 heteroatoms. The molecule has 3 nitrogen and oxygen atoms in total. The van der Waals surface area contributed by atoms with Gasteiger partial charge in [-0.05, 0) is 31.5 Å². The molecule has 1 unspecified atom stereocenters. The summed E-state index contributed by atoms with van der Waals surface area (Å²) in [6.45, 7) is 6.38. The maximum absolute atomic E-state index is 13.9. The number of nitriles is 1. The highest BCUT2D eigenvalue weighted by molar-refractivity contribution is 5.55. The van der Waals surface area contributed by atoms with Gasteiger partial charge in [-0.1, -0.05) is 0 Å². The summed E-state index contributed by atoms with van der Waals surface area (Å²) in [5.74, 6) is -0.304. The first-order valence-electron chi connectivity index (χ1n) is 5.80. The number of benzene rings is 1. The third-order valence-corrected chi connectivity index (χ3v) is 3.12. The van der Waals surface area contributed by atoms with E-state index in [2.05, 4.69) is 12.2 Å². The third kappa shape index (κ3) is 2.40. The van der Waals surface area contributed by atoms with Crippen LogP contribution in [0.3, 0.4) is 0 Å². The summed E-state index contributed by atoms with van der Waals surface area (Å²) in [5, 5.41) is 12.2. The van der Waals surface area contributed by atoms with Crippen molar-refractivity contribution in [1.82, 2.24) is 5.32 Å². The third-order valence-electron chi connectivity index (χ3n) is 3.12. The summed E-state index contributed by atoms with van der Waals surface area (Å²) in [6.07, 6.45) is 0. The van der Waals surface area contributed by atoms with E-state index in [4.69, 9.17) is 5.26 Å². The van der Waals surface area contributed by atoms with Crippen molar-refractivity contribution in [3.05, 3.63) is 29.1 Å². The van der Waals surface area contributed by atoms with Gasteiger partial charge in [-0.15, -0.1) is 0 Å². The summed E-state index contributed by atoms with van der Waals surface area (Å²) in [5.41, 5.74) is 1.85. The topological polar surface area (TPSA) is 39.1 Å². The lowest BCUT2D eigenvalue weighted by Crippen LogP contribution is -2.49. The SMILES string of the molecule is Cc1cc(N2CCNC(C)C2)c(F)cc1C#N. The predicted octanol–water partition coefficient (Wildman–Crippen LogP) is 1.80. The quantitative estimate of drug-likeness (QED) is 0.804. The van der Waals surface area contributed by atoms with Crippen molar-refractivity contribution < 1.29 is 4.39 Å². The Balaban J connectivity index is 2.32. The van der Waals surface area contributed by atoms with Crippen molar-refractivity contribution in [2.75, 3.05) is 24.5 Å². The second-order valence-corrected chi connectivity index (χ2v) is 4.53. The minimum Gasteiger partial charge on any atom is -0.366 e. The van der Waals surface area contributed by atoms with E-state index in [1.807, 2.05) is 17.9 Å². The predicted molar refractivity (Wildman–Crippen MR) is 65.5 cm³/mol. The van der Waals surface area contributed by atoms with E-state index in [0.29, 0.717) is 17.3 Å². The highest BCUT2D eigenvalue weighted by Gasteiger charge is 2.19. The van der Waals surface area contributed by atoms with Crippen LogP contribution in [0.2, 0.25) is 0 Å². The van der Waals surface area contributed by atoms with Crippen LogP contribution in [0.25, 0.3) is 0 Å². The molecule has 0 bridgehead atoms. The van der Waals surface area contributed by atoms with Gasteiger partial charge in [-0.25, -0.2) is 4.39 Å². The molecule has 0 aromatic heterocycles. The van der Waals surface area contributed by atoms with Crippen LogP contribution in [-0.2, 0) is 0 Å². The molecular weight excluding hydrogens is 217 g/mol. The summed E-state index contributed by atoms with van der Waals surface area (Å²) in [4.78, 5) is 2.03. The van der Waals surface area contributed by atoms with Gasteiger partial charge in [0.15, 0.2) is 0 Å². The Bertz CT molecular complexity index is 464. The second-order valence-electron chi connectivity index (χ2n) is 4.53. The van der Waals surface area contributed by atoms with Crippen LogP contribution >= 0.6 is 0 Å². The molecule has 90 valence electrons. The van der Waals surface area contributed by atoms with Gasteiger partial charge in [0.1, 0.15) is 5.82 Å². The van der Waals surface area contributed by atoms with E-state index in [0.717, 1.165) is 25.2 Å². The van der Waals surface area contributed by atoms with E-state index in [9.17, 15) is 4.39 Å². The average molecular weight is 233 g/mol. The zero-order valence-corrected chi connectivity index (χ0v) is 10.1. The fourth-order valence-corrected chi connectivity index (χ4v) is 2.18. The van der Waals surface area contributed by atoms with Gasteiger partial charge in [-0.3, -0.25) is 0 Å². The zero-order valence-electron chi connectivity index (χ0n) is 10.1. The summed E-state index contributed by atoms with van der Waals surface area (Å²) < 4.78 is 13.9. The van der Waals surface area contributed by atoms with E-state index < -0.39 is 0 Å². The lowest BCUT2D eigenvalue weighted by Gasteiger charge is -2.34. The normalized spacial score (nSPS) is 20.1. The molecule has 0 radical (unpaired) electrons. The van der Waals surface area contributed by atoms with Gasteiger partial charge >= 0.3 is 0 Å². The summed E-state index contributed by atoms with van der Waals surface area (Å²) >= 11 is 0. The lowest BCUT2D eigenvalue weighted by molar-refractivity contribution is 0.478. The standard InChI is InChI=1S/C13H16FN3/c1-9-5-13(12(14)6-11(9)7-15)17-4-3-16-10(2)8-17/h5-6,10,16H,3-4,8H2,1-2H3. The van der Waals surface area contributed by atoms with Gasteiger partial charge in [0, 0.05) is 25.7 Å². The van der Waals surface area contributed by atoms with Crippen LogP contribution in [0.15, 0.2) is 12.1 Å². The number of nitrogens with one attached hydrogen (secondary N) is 1. The van der Waals surface area contributed by atoms with Crippen LogP contribution in [0.1, 0.15) is 18.1 Å². The number of aryl methyl sites for hydroxylation is 1. The number of rotatable bonds is 1. The van der Waals surface area contributed by atoms with Gasteiger partial charge in [0.05, 0.1) is 17.3 Å². The molecule has 1 fully saturated rings. The summed E-state index contributed by atoms with van der Waals surface area (Å²) in [7, 11) is 0. The minimum absolute atomic E-state index is 0.304. The molecule has 2 rings (SSSR count). The molecular formula is C13H16FN3. The monoisotopic (exact) mass is 233 g/mol. The van der Waals surface area contributed by atoms with Crippen LogP contribution in [0.5, 0.6) is 0 Å². The largest absolute Gasteiger partial charge is 0.366 e. The zero-order chi connectivity index (χ0) is 12.4. The number of hydrogen-bond donors (Lipinski definition) is 1. The van der Waals surface area contributed by atoms with Crippen LogP contribution in [0.4, 0.5) is 10.1 Å². The molecule has 0 amide bonds. The second kappa shape index (κ2) is 4.72. The Hall–Kier alpha value is -1.60. The number of halogens is 1. The molecule has 0 saturated carbocycles. The molecule has 1 heterocycles. The molecule has 1 aliphatic rings. The molecule has 1 saturated heterocycles. The van der Waals surface area contributed by atoms with E-state index in [1.165, 1.54) is 6.07 Å². The molecule has 1 atom stereocenters.